The molecule has 0 aliphatic heterocycles. The molecule has 0 bridgehead atoms. The van der Waals surface area contributed by atoms with Gasteiger partial charge < -0.3 is 10.2 Å². The number of aromatic nitrogens is 1. The Morgan fingerprint density at radius 3 is 2.76 bits per heavy atom. The quantitative estimate of drug-likeness (QED) is 0.868. The van der Waals surface area contributed by atoms with Gasteiger partial charge in [0.15, 0.2) is 0 Å². The minimum Gasteiger partial charge on any atom is -0.383 e. The second-order valence-corrected chi connectivity index (χ2v) is 5.73. The molecule has 0 atom stereocenters. The monoisotopic (exact) mass is 289 g/mol. The van der Waals surface area contributed by atoms with Gasteiger partial charge in [-0.2, -0.15) is 0 Å². The van der Waals surface area contributed by atoms with Gasteiger partial charge in [0.05, 0.1) is 17.4 Å². The van der Waals surface area contributed by atoms with Crippen molar-refractivity contribution in [2.45, 2.75) is 58.4 Å². The maximum Gasteiger partial charge on any atom is 0.256 e. The molecule has 2 rings (SSSR count). The van der Waals surface area contributed by atoms with Crippen LogP contribution >= 0.6 is 0 Å². The van der Waals surface area contributed by atoms with E-state index in [0.29, 0.717) is 6.04 Å². The molecular weight excluding hydrogens is 262 g/mol. The van der Waals surface area contributed by atoms with Crippen LogP contribution in [0.4, 0.5) is 5.69 Å². The predicted molar refractivity (Wildman–Crippen MR) is 86.6 cm³/mol. The molecule has 116 valence electrons. The minimum absolute atomic E-state index is 0.144. The number of pyridine rings is 1. The van der Waals surface area contributed by atoms with E-state index in [9.17, 15) is 4.79 Å². The molecule has 1 aromatic heterocycles. The lowest BCUT2D eigenvalue weighted by Gasteiger charge is -2.34. The van der Waals surface area contributed by atoms with Crippen molar-refractivity contribution < 1.29 is 4.79 Å². The van der Waals surface area contributed by atoms with E-state index < -0.39 is 0 Å². The van der Waals surface area contributed by atoms with Gasteiger partial charge >= 0.3 is 0 Å². The Bertz CT molecular complexity index is 455. The number of hydrogen-bond donors (Lipinski definition) is 1. The zero-order chi connectivity index (χ0) is 15.1. The number of anilines is 1. The van der Waals surface area contributed by atoms with Crippen LogP contribution in [0, 0.1) is 0 Å². The van der Waals surface area contributed by atoms with E-state index in [4.69, 9.17) is 0 Å². The van der Waals surface area contributed by atoms with Gasteiger partial charge in [0, 0.05) is 25.3 Å². The molecule has 0 saturated heterocycles. The minimum atomic E-state index is 0.144. The van der Waals surface area contributed by atoms with Crippen molar-refractivity contribution in [1.82, 2.24) is 9.88 Å². The van der Waals surface area contributed by atoms with E-state index in [1.54, 1.807) is 12.4 Å². The van der Waals surface area contributed by atoms with Crippen molar-refractivity contribution in [3.05, 3.63) is 24.0 Å². The molecule has 1 aliphatic rings. The van der Waals surface area contributed by atoms with Crippen molar-refractivity contribution in [2.24, 2.45) is 0 Å². The number of nitrogens with one attached hydrogen (secondary N) is 1. The number of carbonyl (C=O) groups is 1. The molecular formula is C17H27N3O. The Hall–Kier alpha value is -1.58. The van der Waals surface area contributed by atoms with E-state index in [0.717, 1.165) is 43.6 Å². The third-order valence-electron chi connectivity index (χ3n) is 4.23. The van der Waals surface area contributed by atoms with Gasteiger partial charge in [0.2, 0.25) is 0 Å². The predicted octanol–water partition coefficient (Wildman–Crippen LogP) is 3.70. The summed E-state index contributed by atoms with van der Waals surface area (Å²) < 4.78 is 0. The average Bonchev–Trinajstić information content (AvgIpc) is 2.55. The molecule has 21 heavy (non-hydrogen) atoms. The largest absolute Gasteiger partial charge is 0.383 e. The fourth-order valence-electron chi connectivity index (χ4n) is 3.10. The van der Waals surface area contributed by atoms with Crippen LogP contribution in [-0.2, 0) is 0 Å². The SMILES string of the molecule is CCCNc1cnccc1C(=O)N(CC)C1CCCCC1. The molecule has 0 radical (unpaired) electrons. The van der Waals surface area contributed by atoms with Gasteiger partial charge in [0.25, 0.3) is 5.91 Å². The van der Waals surface area contributed by atoms with Crippen molar-refractivity contribution >= 4 is 11.6 Å². The number of hydrogen-bond acceptors (Lipinski definition) is 3. The summed E-state index contributed by atoms with van der Waals surface area (Å²) >= 11 is 0. The zero-order valence-electron chi connectivity index (χ0n) is 13.3. The molecule has 1 amide bonds. The van der Waals surface area contributed by atoms with E-state index in [-0.39, 0.29) is 5.91 Å². The number of amides is 1. The van der Waals surface area contributed by atoms with E-state index in [2.05, 4.69) is 24.1 Å². The summed E-state index contributed by atoms with van der Waals surface area (Å²) in [4.78, 5) is 19.1. The van der Waals surface area contributed by atoms with Gasteiger partial charge in [-0.3, -0.25) is 9.78 Å². The van der Waals surface area contributed by atoms with Gasteiger partial charge in [-0.15, -0.1) is 0 Å². The lowest BCUT2D eigenvalue weighted by molar-refractivity contribution is 0.0649. The van der Waals surface area contributed by atoms with Crippen molar-refractivity contribution in [2.75, 3.05) is 18.4 Å². The highest BCUT2D eigenvalue weighted by Gasteiger charge is 2.26. The summed E-state index contributed by atoms with van der Waals surface area (Å²) in [6.45, 7) is 5.83. The summed E-state index contributed by atoms with van der Waals surface area (Å²) in [6, 6.07) is 2.25. The molecule has 0 spiro atoms. The van der Waals surface area contributed by atoms with Crippen LogP contribution in [0.3, 0.4) is 0 Å². The third-order valence-corrected chi connectivity index (χ3v) is 4.23. The van der Waals surface area contributed by atoms with Gasteiger partial charge in [-0.05, 0) is 32.3 Å². The maximum atomic E-state index is 12.9. The molecule has 0 aromatic carbocycles. The Morgan fingerprint density at radius 2 is 2.10 bits per heavy atom. The highest BCUT2D eigenvalue weighted by molar-refractivity contribution is 5.99. The normalized spacial score (nSPS) is 15.7. The van der Waals surface area contributed by atoms with Crippen LogP contribution in [-0.4, -0.2) is 34.9 Å². The first kappa shape index (κ1) is 15.8. The highest BCUT2D eigenvalue weighted by Crippen LogP contribution is 2.25. The first-order valence-corrected chi connectivity index (χ1v) is 8.26. The van der Waals surface area contributed by atoms with Crippen LogP contribution < -0.4 is 5.32 Å². The van der Waals surface area contributed by atoms with Crippen LogP contribution in [0.1, 0.15) is 62.7 Å². The lowest BCUT2D eigenvalue weighted by atomic mass is 9.93. The Balaban J connectivity index is 2.16. The fraction of sp³-hybridized carbons (Fsp3) is 0.647. The summed E-state index contributed by atoms with van der Waals surface area (Å²) in [5.41, 5.74) is 1.62. The smallest absolute Gasteiger partial charge is 0.256 e. The Kier molecular flexibility index (Phi) is 6.03. The first-order valence-electron chi connectivity index (χ1n) is 8.26. The first-order chi connectivity index (χ1) is 10.3. The second kappa shape index (κ2) is 8.01. The topological polar surface area (TPSA) is 45.2 Å². The lowest BCUT2D eigenvalue weighted by Crippen LogP contribution is -2.41. The fourth-order valence-corrected chi connectivity index (χ4v) is 3.10. The number of nitrogens with zero attached hydrogens (tertiary/aromatic N) is 2. The molecule has 0 unspecified atom stereocenters. The van der Waals surface area contributed by atoms with Gasteiger partial charge in [0.1, 0.15) is 0 Å². The molecule has 1 saturated carbocycles. The standard InChI is InChI=1S/C17H27N3O/c1-3-11-19-16-13-18-12-10-15(16)17(21)20(4-2)14-8-6-5-7-9-14/h10,12-14,19H,3-9,11H2,1-2H3. The van der Waals surface area contributed by atoms with Crippen LogP contribution in [0.2, 0.25) is 0 Å². The maximum absolute atomic E-state index is 12.9. The molecule has 4 heteroatoms. The van der Waals surface area contributed by atoms with Gasteiger partial charge in [-0.1, -0.05) is 26.2 Å². The summed E-state index contributed by atoms with van der Waals surface area (Å²) in [5.74, 6) is 0.144. The van der Waals surface area contributed by atoms with Crippen LogP contribution in [0.5, 0.6) is 0 Å². The molecule has 1 heterocycles. The second-order valence-electron chi connectivity index (χ2n) is 5.73. The van der Waals surface area contributed by atoms with Gasteiger partial charge in [-0.25, -0.2) is 0 Å². The summed E-state index contributed by atoms with van der Waals surface area (Å²) in [6.07, 6.45) is 10.6. The molecule has 1 fully saturated rings. The zero-order valence-corrected chi connectivity index (χ0v) is 13.3. The molecule has 1 N–H and O–H groups in total. The highest BCUT2D eigenvalue weighted by atomic mass is 16.2. The summed E-state index contributed by atoms with van der Waals surface area (Å²) in [7, 11) is 0. The van der Waals surface area contributed by atoms with E-state index >= 15 is 0 Å². The Labute approximate surface area is 127 Å². The van der Waals surface area contributed by atoms with E-state index in [1.165, 1.54) is 19.3 Å². The van der Waals surface area contributed by atoms with E-state index in [1.807, 2.05) is 11.0 Å². The van der Waals surface area contributed by atoms with Crippen molar-refractivity contribution in [3.8, 4) is 0 Å². The van der Waals surface area contributed by atoms with Crippen LogP contribution in [0.25, 0.3) is 0 Å². The van der Waals surface area contributed by atoms with Crippen LogP contribution in [0.15, 0.2) is 18.5 Å². The average molecular weight is 289 g/mol. The van der Waals surface area contributed by atoms with Crippen molar-refractivity contribution in [1.29, 1.82) is 0 Å². The van der Waals surface area contributed by atoms with Crippen molar-refractivity contribution in [3.63, 3.8) is 0 Å². The molecule has 1 aromatic rings. The molecule has 1 aliphatic carbocycles. The molecule has 4 nitrogen and oxygen atoms in total. The number of carbonyl (C=O) groups excluding carboxylic acids is 1. The Morgan fingerprint density at radius 1 is 1.33 bits per heavy atom. The number of rotatable bonds is 6. The summed E-state index contributed by atoms with van der Waals surface area (Å²) in [5, 5.41) is 3.32. The third kappa shape index (κ3) is 3.96.